The molecule has 0 radical (unpaired) electrons. The third-order valence-corrected chi connectivity index (χ3v) is 4.55. The van der Waals surface area contributed by atoms with Gasteiger partial charge in [0, 0.05) is 5.02 Å². The highest BCUT2D eigenvalue weighted by atomic mass is 35.5. The molecule has 5 nitrogen and oxygen atoms in total. The average Bonchev–Trinajstić information content (AvgIpc) is 2.99. The van der Waals surface area contributed by atoms with E-state index in [0.29, 0.717) is 15.2 Å². The lowest BCUT2D eigenvalue weighted by atomic mass is 10.1. The minimum Gasteiger partial charge on any atom is -0.348 e. The molecule has 2 aromatic heterocycles. The van der Waals surface area contributed by atoms with Gasteiger partial charge < -0.3 is 5.32 Å². The number of hydrogen-bond donors (Lipinski definition) is 1. The van der Waals surface area contributed by atoms with Crippen molar-refractivity contribution < 1.29 is 4.79 Å². The Morgan fingerprint density at radius 1 is 1.43 bits per heavy atom. The number of carbonyl (C=O) groups excluding carboxylic acids is 1. The molecule has 1 N–H and O–H groups in total. The van der Waals surface area contributed by atoms with Gasteiger partial charge in [0.25, 0.3) is 5.56 Å². The van der Waals surface area contributed by atoms with E-state index in [-0.39, 0.29) is 24.1 Å². The Balaban J connectivity index is 1.73. The van der Waals surface area contributed by atoms with Crippen LogP contribution in [0.3, 0.4) is 0 Å². The molecule has 118 valence electrons. The predicted octanol–water partition coefficient (Wildman–Crippen LogP) is 2.99. The lowest BCUT2D eigenvalue weighted by Crippen LogP contribution is -2.33. The van der Waals surface area contributed by atoms with Gasteiger partial charge in [-0.3, -0.25) is 14.2 Å². The number of hydrogen-bond acceptors (Lipinski definition) is 4. The summed E-state index contributed by atoms with van der Waals surface area (Å²) in [5.74, 6) is -0.254. The molecule has 3 rings (SSSR count). The number of nitrogens with zero attached hydrogens (tertiary/aromatic N) is 2. The van der Waals surface area contributed by atoms with Crippen LogP contribution in [0.5, 0.6) is 0 Å². The quantitative estimate of drug-likeness (QED) is 0.789. The summed E-state index contributed by atoms with van der Waals surface area (Å²) in [4.78, 5) is 29.3. The van der Waals surface area contributed by atoms with Crippen LogP contribution in [0.4, 0.5) is 0 Å². The van der Waals surface area contributed by atoms with Gasteiger partial charge in [-0.05, 0) is 36.1 Å². The van der Waals surface area contributed by atoms with E-state index in [4.69, 9.17) is 11.6 Å². The molecule has 0 saturated carbocycles. The van der Waals surface area contributed by atoms with Crippen LogP contribution in [0.1, 0.15) is 18.5 Å². The van der Waals surface area contributed by atoms with Gasteiger partial charge in [-0.2, -0.15) is 0 Å². The van der Waals surface area contributed by atoms with Crippen molar-refractivity contribution in [1.82, 2.24) is 14.9 Å². The first-order valence-corrected chi connectivity index (χ1v) is 8.28. The zero-order valence-electron chi connectivity index (χ0n) is 12.3. The van der Waals surface area contributed by atoms with Crippen LogP contribution < -0.4 is 10.9 Å². The molecule has 0 saturated heterocycles. The molecule has 0 fully saturated rings. The summed E-state index contributed by atoms with van der Waals surface area (Å²) >= 11 is 7.36. The fourth-order valence-corrected chi connectivity index (χ4v) is 3.23. The first-order valence-electron chi connectivity index (χ1n) is 7.02. The topological polar surface area (TPSA) is 64.0 Å². The Kier molecular flexibility index (Phi) is 4.45. The summed E-state index contributed by atoms with van der Waals surface area (Å²) in [6.45, 7) is 1.80. The van der Waals surface area contributed by atoms with Crippen molar-refractivity contribution in [3.63, 3.8) is 0 Å². The summed E-state index contributed by atoms with van der Waals surface area (Å²) < 4.78 is 1.31. The molecule has 0 unspecified atom stereocenters. The van der Waals surface area contributed by atoms with Gasteiger partial charge in [-0.15, -0.1) is 11.3 Å². The minimum atomic E-state index is -0.254. The number of aromatic nitrogens is 2. The molecule has 0 aliphatic rings. The first-order chi connectivity index (χ1) is 11.0. The molecule has 3 aromatic rings. The number of fused-ring (bicyclic) bond motifs is 1. The molecule has 2 heterocycles. The molecule has 1 atom stereocenters. The highest BCUT2D eigenvalue weighted by molar-refractivity contribution is 7.16. The zero-order valence-corrected chi connectivity index (χ0v) is 13.9. The number of benzene rings is 1. The van der Waals surface area contributed by atoms with Crippen molar-refractivity contribution in [1.29, 1.82) is 0 Å². The third-order valence-electron chi connectivity index (χ3n) is 3.49. The number of amides is 1. The maximum Gasteiger partial charge on any atom is 0.262 e. The van der Waals surface area contributed by atoms with Crippen LogP contribution in [0.2, 0.25) is 5.02 Å². The Morgan fingerprint density at radius 2 is 2.26 bits per heavy atom. The Bertz CT molecular complexity index is 919. The van der Waals surface area contributed by atoms with E-state index in [0.717, 1.165) is 5.56 Å². The maximum atomic E-state index is 12.3. The second-order valence-electron chi connectivity index (χ2n) is 5.16. The molecule has 0 spiro atoms. The smallest absolute Gasteiger partial charge is 0.262 e. The van der Waals surface area contributed by atoms with E-state index in [1.54, 1.807) is 18.2 Å². The lowest BCUT2D eigenvalue weighted by molar-refractivity contribution is -0.122. The van der Waals surface area contributed by atoms with Crippen LogP contribution in [-0.2, 0) is 11.3 Å². The van der Waals surface area contributed by atoms with E-state index in [1.165, 1.54) is 22.2 Å². The standard InChI is InChI=1S/C16H14ClN3O2S/c1-10(11-3-2-4-12(17)7-11)19-14(21)8-20-9-18-15-13(16(20)22)5-6-23-15/h2-7,9-10H,8H2,1H3,(H,19,21)/t10-/m0/s1. The van der Waals surface area contributed by atoms with E-state index in [9.17, 15) is 9.59 Å². The number of carbonyl (C=O) groups is 1. The summed E-state index contributed by atoms with van der Waals surface area (Å²) in [6, 6.07) is 8.83. The van der Waals surface area contributed by atoms with Gasteiger partial charge in [0.1, 0.15) is 11.4 Å². The van der Waals surface area contributed by atoms with E-state index in [2.05, 4.69) is 10.3 Å². The van der Waals surface area contributed by atoms with E-state index in [1.807, 2.05) is 24.4 Å². The van der Waals surface area contributed by atoms with Crippen molar-refractivity contribution in [3.05, 3.63) is 63.0 Å². The highest BCUT2D eigenvalue weighted by Crippen LogP contribution is 2.17. The fourth-order valence-electron chi connectivity index (χ4n) is 2.31. The van der Waals surface area contributed by atoms with Crippen LogP contribution in [-0.4, -0.2) is 15.5 Å². The van der Waals surface area contributed by atoms with Gasteiger partial charge in [-0.1, -0.05) is 23.7 Å². The molecular formula is C16H14ClN3O2S. The van der Waals surface area contributed by atoms with Crippen molar-refractivity contribution >= 4 is 39.1 Å². The molecule has 23 heavy (non-hydrogen) atoms. The second kappa shape index (κ2) is 6.52. The molecule has 0 bridgehead atoms. The Hall–Kier alpha value is -2.18. The second-order valence-corrected chi connectivity index (χ2v) is 6.49. The molecular weight excluding hydrogens is 334 g/mol. The van der Waals surface area contributed by atoms with E-state index >= 15 is 0 Å². The van der Waals surface area contributed by atoms with Crippen molar-refractivity contribution in [2.75, 3.05) is 0 Å². The molecule has 1 aromatic carbocycles. The summed E-state index contributed by atoms with van der Waals surface area (Å²) in [6.07, 6.45) is 1.41. The average molecular weight is 348 g/mol. The van der Waals surface area contributed by atoms with Crippen molar-refractivity contribution in [2.45, 2.75) is 19.5 Å². The fraction of sp³-hybridized carbons (Fsp3) is 0.188. The first kappa shape index (κ1) is 15.7. The largest absolute Gasteiger partial charge is 0.348 e. The molecule has 0 aliphatic carbocycles. The van der Waals surface area contributed by atoms with Crippen LogP contribution in [0.25, 0.3) is 10.2 Å². The SMILES string of the molecule is C[C@H](NC(=O)Cn1cnc2sccc2c1=O)c1cccc(Cl)c1. The van der Waals surface area contributed by atoms with Crippen molar-refractivity contribution in [3.8, 4) is 0 Å². The monoisotopic (exact) mass is 347 g/mol. The molecule has 7 heteroatoms. The molecule has 1 amide bonds. The van der Waals surface area contributed by atoms with Crippen LogP contribution in [0, 0.1) is 0 Å². The van der Waals surface area contributed by atoms with Crippen LogP contribution in [0.15, 0.2) is 46.8 Å². The van der Waals surface area contributed by atoms with Crippen LogP contribution >= 0.6 is 22.9 Å². The van der Waals surface area contributed by atoms with Crippen molar-refractivity contribution in [2.24, 2.45) is 0 Å². The Morgan fingerprint density at radius 3 is 3.04 bits per heavy atom. The zero-order chi connectivity index (χ0) is 16.4. The summed E-state index contributed by atoms with van der Waals surface area (Å²) in [5, 5.41) is 5.82. The van der Waals surface area contributed by atoms with Gasteiger partial charge in [0.2, 0.25) is 5.91 Å². The summed E-state index contributed by atoms with van der Waals surface area (Å²) in [7, 11) is 0. The van der Waals surface area contributed by atoms with Gasteiger partial charge >= 0.3 is 0 Å². The number of nitrogens with one attached hydrogen (secondary N) is 1. The van der Waals surface area contributed by atoms with Gasteiger partial charge in [0.15, 0.2) is 0 Å². The van der Waals surface area contributed by atoms with Gasteiger partial charge in [0.05, 0.1) is 17.8 Å². The summed E-state index contributed by atoms with van der Waals surface area (Å²) in [5.41, 5.74) is 0.700. The van der Waals surface area contributed by atoms with Gasteiger partial charge in [-0.25, -0.2) is 4.98 Å². The van der Waals surface area contributed by atoms with E-state index < -0.39 is 0 Å². The number of thiophene rings is 1. The highest BCUT2D eigenvalue weighted by Gasteiger charge is 2.12. The third kappa shape index (κ3) is 3.43. The number of halogens is 1. The lowest BCUT2D eigenvalue weighted by Gasteiger charge is -2.15. The molecule has 0 aliphatic heterocycles. The predicted molar refractivity (Wildman–Crippen MR) is 91.9 cm³/mol. The Labute approximate surface area is 141 Å². The maximum absolute atomic E-state index is 12.3. The number of rotatable bonds is 4. The normalized spacial score (nSPS) is 12.3. The minimum absolute atomic E-state index is 0.0669.